The van der Waals surface area contributed by atoms with Crippen molar-refractivity contribution in [3.63, 3.8) is 0 Å². The van der Waals surface area contributed by atoms with Crippen LogP contribution in [-0.4, -0.2) is 26.4 Å². The van der Waals surface area contributed by atoms with Crippen LogP contribution in [0.2, 0.25) is 0 Å². The quantitative estimate of drug-likeness (QED) is 0.638. The zero-order chi connectivity index (χ0) is 14.8. The minimum atomic E-state index is 0.542. The van der Waals surface area contributed by atoms with Gasteiger partial charge in [0.2, 0.25) is 0 Å². The Bertz CT molecular complexity index is 499. The minimum absolute atomic E-state index is 0.542. The Morgan fingerprint density at radius 3 is 2.14 bits per heavy atom. The smallest absolute Gasteiger partial charge is 0.119 e. The third-order valence-corrected chi connectivity index (χ3v) is 3.32. The van der Waals surface area contributed by atoms with Gasteiger partial charge in [0.25, 0.3) is 0 Å². The first-order valence-corrected chi connectivity index (χ1v) is 7.72. The molecule has 0 atom stereocenters. The second-order valence-electron chi connectivity index (χ2n) is 4.45. The molecule has 0 aliphatic heterocycles. The largest absolute Gasteiger partial charge is 0.491 e. The molecule has 3 nitrogen and oxygen atoms in total. The van der Waals surface area contributed by atoms with E-state index < -0.39 is 0 Å². The van der Waals surface area contributed by atoms with Gasteiger partial charge in [0.1, 0.15) is 12.4 Å². The van der Waals surface area contributed by atoms with Crippen LogP contribution in [0.25, 0.3) is 0 Å². The molecule has 0 aliphatic rings. The lowest BCUT2D eigenvalue weighted by atomic mass is 10.2. The highest BCUT2D eigenvalue weighted by molar-refractivity contribution is 9.10. The van der Waals surface area contributed by atoms with Crippen LogP contribution in [0.15, 0.2) is 59.1 Å². The molecule has 0 fully saturated rings. The minimum Gasteiger partial charge on any atom is -0.491 e. The lowest BCUT2D eigenvalue weighted by Gasteiger charge is -2.08. The topological polar surface area (TPSA) is 27.7 Å². The molecular weight excluding hydrogens is 332 g/mol. The molecule has 0 heterocycles. The van der Waals surface area contributed by atoms with Crippen molar-refractivity contribution in [2.45, 2.75) is 6.61 Å². The fourth-order valence-corrected chi connectivity index (χ4v) is 2.00. The zero-order valence-electron chi connectivity index (χ0n) is 11.8. The van der Waals surface area contributed by atoms with Crippen LogP contribution in [0.1, 0.15) is 5.56 Å². The van der Waals surface area contributed by atoms with E-state index >= 15 is 0 Å². The van der Waals surface area contributed by atoms with Gasteiger partial charge in [-0.15, -0.1) is 0 Å². The molecule has 0 amide bonds. The molecule has 0 bridgehead atoms. The highest BCUT2D eigenvalue weighted by Gasteiger charge is 1.95. The molecule has 2 aromatic carbocycles. The van der Waals surface area contributed by atoms with Gasteiger partial charge in [-0.2, -0.15) is 0 Å². The van der Waals surface area contributed by atoms with Crippen molar-refractivity contribution >= 4 is 15.9 Å². The van der Waals surface area contributed by atoms with E-state index in [9.17, 15) is 0 Å². The van der Waals surface area contributed by atoms with Gasteiger partial charge in [0.15, 0.2) is 0 Å². The molecule has 0 saturated heterocycles. The average Bonchev–Trinajstić information content (AvgIpc) is 2.53. The van der Waals surface area contributed by atoms with E-state index in [0.717, 1.165) is 10.2 Å². The Morgan fingerprint density at radius 2 is 1.38 bits per heavy atom. The second kappa shape index (κ2) is 9.55. The highest BCUT2D eigenvalue weighted by atomic mass is 79.9. The molecular formula is C17H19BrO3. The molecule has 0 N–H and O–H groups in total. The maximum atomic E-state index is 5.55. The summed E-state index contributed by atoms with van der Waals surface area (Å²) in [5.41, 5.74) is 1.18. The van der Waals surface area contributed by atoms with Crippen LogP contribution in [-0.2, 0) is 16.1 Å². The summed E-state index contributed by atoms with van der Waals surface area (Å²) in [4.78, 5) is 0. The molecule has 4 heteroatoms. The van der Waals surface area contributed by atoms with Gasteiger partial charge in [0.05, 0.1) is 26.4 Å². The number of hydrogen-bond acceptors (Lipinski definition) is 3. The molecule has 0 saturated carbocycles. The third kappa shape index (κ3) is 6.76. The van der Waals surface area contributed by atoms with Crippen molar-refractivity contribution in [3.8, 4) is 5.75 Å². The summed E-state index contributed by atoms with van der Waals surface area (Å²) in [7, 11) is 0. The number of halogens is 1. The van der Waals surface area contributed by atoms with E-state index in [4.69, 9.17) is 14.2 Å². The molecule has 0 unspecified atom stereocenters. The van der Waals surface area contributed by atoms with E-state index in [1.165, 1.54) is 5.56 Å². The summed E-state index contributed by atoms with van der Waals surface area (Å²) in [5, 5.41) is 0. The number of rotatable bonds is 9. The zero-order valence-corrected chi connectivity index (χ0v) is 13.4. The summed E-state index contributed by atoms with van der Waals surface area (Å²) >= 11 is 3.39. The number of ether oxygens (including phenoxy) is 3. The predicted molar refractivity (Wildman–Crippen MR) is 86.6 cm³/mol. The van der Waals surface area contributed by atoms with Crippen LogP contribution in [0.5, 0.6) is 5.75 Å². The van der Waals surface area contributed by atoms with Crippen LogP contribution >= 0.6 is 15.9 Å². The van der Waals surface area contributed by atoms with Crippen molar-refractivity contribution in [2.75, 3.05) is 26.4 Å². The van der Waals surface area contributed by atoms with E-state index in [1.54, 1.807) is 0 Å². The first-order valence-electron chi connectivity index (χ1n) is 6.92. The molecule has 2 rings (SSSR count). The molecule has 21 heavy (non-hydrogen) atoms. The van der Waals surface area contributed by atoms with Crippen molar-refractivity contribution in [3.05, 3.63) is 64.6 Å². The van der Waals surface area contributed by atoms with Gasteiger partial charge >= 0.3 is 0 Å². The van der Waals surface area contributed by atoms with Gasteiger partial charge in [-0.1, -0.05) is 46.3 Å². The summed E-state index contributed by atoms with van der Waals surface area (Å²) in [6.07, 6.45) is 0. The SMILES string of the molecule is Brc1ccc(OCCOCCOCc2ccccc2)cc1. The Hall–Kier alpha value is -1.36. The van der Waals surface area contributed by atoms with Crippen LogP contribution in [0, 0.1) is 0 Å². The lowest BCUT2D eigenvalue weighted by Crippen LogP contribution is -2.10. The molecule has 2 aromatic rings. The lowest BCUT2D eigenvalue weighted by molar-refractivity contribution is 0.0303. The highest BCUT2D eigenvalue weighted by Crippen LogP contribution is 2.15. The Kier molecular flexibility index (Phi) is 7.29. The summed E-state index contributed by atoms with van der Waals surface area (Å²) < 4.78 is 17.6. The van der Waals surface area contributed by atoms with Crippen LogP contribution in [0.3, 0.4) is 0 Å². The second-order valence-corrected chi connectivity index (χ2v) is 5.37. The Labute approximate surface area is 134 Å². The maximum Gasteiger partial charge on any atom is 0.119 e. The van der Waals surface area contributed by atoms with E-state index in [2.05, 4.69) is 15.9 Å². The monoisotopic (exact) mass is 350 g/mol. The molecule has 112 valence electrons. The average molecular weight is 351 g/mol. The van der Waals surface area contributed by atoms with Crippen molar-refractivity contribution in [2.24, 2.45) is 0 Å². The maximum absolute atomic E-state index is 5.55. The van der Waals surface area contributed by atoms with Gasteiger partial charge in [-0.25, -0.2) is 0 Å². The summed E-state index contributed by atoms with van der Waals surface area (Å²) in [5.74, 6) is 0.849. The number of benzene rings is 2. The fourth-order valence-electron chi connectivity index (χ4n) is 1.73. The van der Waals surface area contributed by atoms with E-state index in [-0.39, 0.29) is 0 Å². The molecule has 0 aromatic heterocycles. The standard InChI is InChI=1S/C17H19BrO3/c18-16-6-8-17(9-7-16)21-13-12-19-10-11-20-14-15-4-2-1-3-5-15/h1-9H,10-14H2. The van der Waals surface area contributed by atoms with Crippen LogP contribution < -0.4 is 4.74 Å². The van der Waals surface area contributed by atoms with Gasteiger partial charge in [0, 0.05) is 4.47 Å². The molecule has 0 spiro atoms. The Morgan fingerprint density at radius 1 is 0.714 bits per heavy atom. The molecule has 0 radical (unpaired) electrons. The fraction of sp³-hybridized carbons (Fsp3) is 0.294. The summed E-state index contributed by atoms with van der Waals surface area (Å²) in [6, 6.07) is 17.9. The van der Waals surface area contributed by atoms with Crippen molar-refractivity contribution in [1.82, 2.24) is 0 Å². The van der Waals surface area contributed by atoms with Gasteiger partial charge < -0.3 is 14.2 Å². The van der Waals surface area contributed by atoms with Crippen molar-refractivity contribution < 1.29 is 14.2 Å². The molecule has 0 aliphatic carbocycles. The number of hydrogen-bond donors (Lipinski definition) is 0. The van der Waals surface area contributed by atoms with Crippen LogP contribution in [0.4, 0.5) is 0 Å². The first-order chi connectivity index (χ1) is 10.3. The normalized spacial score (nSPS) is 10.5. The van der Waals surface area contributed by atoms with E-state index in [0.29, 0.717) is 33.0 Å². The predicted octanol–water partition coefficient (Wildman–Crippen LogP) is 4.06. The van der Waals surface area contributed by atoms with Crippen molar-refractivity contribution in [1.29, 1.82) is 0 Å². The third-order valence-electron chi connectivity index (χ3n) is 2.79. The van der Waals surface area contributed by atoms with E-state index in [1.807, 2.05) is 54.6 Å². The summed E-state index contributed by atoms with van der Waals surface area (Å²) in [6.45, 7) is 2.90. The van der Waals surface area contributed by atoms with Gasteiger partial charge in [-0.3, -0.25) is 0 Å². The Balaban J connectivity index is 1.46. The first kappa shape index (κ1) is 16.0. The van der Waals surface area contributed by atoms with Gasteiger partial charge in [-0.05, 0) is 29.8 Å².